The molecule has 1 aromatic rings. The average Bonchev–Trinajstić information content (AvgIpc) is 2.15. The summed E-state index contributed by atoms with van der Waals surface area (Å²) >= 11 is 0. The van der Waals surface area contributed by atoms with E-state index in [1.165, 1.54) is 4.90 Å². The highest BCUT2D eigenvalue weighted by Gasteiger charge is 2.22. The second kappa shape index (κ2) is 5.17. The maximum atomic E-state index is 12.0. The molecule has 4 nitrogen and oxygen atoms in total. The van der Waals surface area contributed by atoms with Crippen LogP contribution >= 0.6 is 0 Å². The van der Waals surface area contributed by atoms with Crippen molar-refractivity contribution >= 4 is 11.9 Å². The predicted molar refractivity (Wildman–Crippen MR) is 68.2 cm³/mol. The van der Waals surface area contributed by atoms with Crippen molar-refractivity contribution in [2.75, 3.05) is 11.4 Å². The van der Waals surface area contributed by atoms with Crippen LogP contribution in [0.4, 0.5) is 10.6 Å². The summed E-state index contributed by atoms with van der Waals surface area (Å²) in [5.41, 5.74) is 0.575. The van der Waals surface area contributed by atoms with Crippen molar-refractivity contribution in [2.24, 2.45) is 0 Å². The molecule has 0 aromatic carbocycles. The Labute approximate surface area is 103 Å². The lowest BCUT2D eigenvalue weighted by Gasteiger charge is -2.26. The van der Waals surface area contributed by atoms with E-state index in [0.29, 0.717) is 12.4 Å². The number of carbonyl (C=O) groups is 1. The highest BCUT2D eigenvalue weighted by atomic mass is 16.6. The second-order valence-electron chi connectivity index (χ2n) is 4.92. The molecule has 4 heteroatoms. The monoisotopic (exact) mass is 236 g/mol. The van der Waals surface area contributed by atoms with Gasteiger partial charge in [0.1, 0.15) is 11.4 Å². The second-order valence-corrected chi connectivity index (χ2v) is 4.92. The van der Waals surface area contributed by atoms with Crippen molar-refractivity contribution in [3.63, 3.8) is 0 Å². The van der Waals surface area contributed by atoms with Crippen molar-refractivity contribution < 1.29 is 9.53 Å². The number of amides is 1. The van der Waals surface area contributed by atoms with Gasteiger partial charge in [-0.1, -0.05) is 0 Å². The Balaban J connectivity index is 2.88. The van der Waals surface area contributed by atoms with Crippen LogP contribution in [0.1, 0.15) is 33.3 Å². The van der Waals surface area contributed by atoms with Crippen molar-refractivity contribution in [3.05, 3.63) is 23.9 Å². The molecule has 0 radical (unpaired) electrons. The minimum Gasteiger partial charge on any atom is -0.443 e. The number of pyridine rings is 1. The van der Waals surface area contributed by atoms with Crippen LogP contribution in [0.25, 0.3) is 0 Å². The molecule has 1 aromatic heterocycles. The van der Waals surface area contributed by atoms with E-state index in [2.05, 4.69) is 4.98 Å². The summed E-state index contributed by atoms with van der Waals surface area (Å²) in [4.78, 5) is 17.7. The molecular formula is C13H20N2O2. The van der Waals surface area contributed by atoms with Crippen LogP contribution in [-0.2, 0) is 4.74 Å². The number of nitrogens with zero attached hydrogens (tertiary/aromatic N) is 2. The van der Waals surface area contributed by atoms with Gasteiger partial charge in [-0.2, -0.15) is 0 Å². The number of rotatable bonds is 2. The van der Waals surface area contributed by atoms with E-state index in [-0.39, 0.29) is 6.09 Å². The van der Waals surface area contributed by atoms with Gasteiger partial charge in [-0.25, -0.2) is 9.78 Å². The number of aryl methyl sites for hydroxylation is 1. The Kier molecular flexibility index (Phi) is 4.10. The van der Waals surface area contributed by atoms with E-state index < -0.39 is 5.60 Å². The average molecular weight is 236 g/mol. The summed E-state index contributed by atoms with van der Waals surface area (Å²) in [7, 11) is 0. The molecule has 1 amide bonds. The molecule has 0 aliphatic rings. The molecule has 0 unspecified atom stereocenters. The molecule has 94 valence electrons. The summed E-state index contributed by atoms with van der Waals surface area (Å²) in [5.74, 6) is 0.627. The van der Waals surface area contributed by atoms with Gasteiger partial charge in [-0.05, 0) is 52.3 Å². The lowest BCUT2D eigenvalue weighted by molar-refractivity contribution is 0.0581. The van der Waals surface area contributed by atoms with E-state index in [9.17, 15) is 4.79 Å². The lowest BCUT2D eigenvalue weighted by Crippen LogP contribution is -2.37. The standard InChI is InChI=1S/C13H20N2O2/c1-6-15(12(16)17-13(3,4)5)11-9-10(2)7-8-14-11/h7-9H,6H2,1-5H3. The number of ether oxygens (including phenoxy) is 1. The van der Waals surface area contributed by atoms with Crippen molar-refractivity contribution in [2.45, 2.75) is 40.2 Å². The topological polar surface area (TPSA) is 42.4 Å². The number of hydrogen-bond acceptors (Lipinski definition) is 3. The van der Waals surface area contributed by atoms with Crippen molar-refractivity contribution in [3.8, 4) is 0 Å². The van der Waals surface area contributed by atoms with Crippen LogP contribution < -0.4 is 4.90 Å². The van der Waals surface area contributed by atoms with E-state index >= 15 is 0 Å². The van der Waals surface area contributed by atoms with E-state index in [1.54, 1.807) is 6.20 Å². The van der Waals surface area contributed by atoms with Crippen LogP contribution in [-0.4, -0.2) is 23.2 Å². The van der Waals surface area contributed by atoms with Gasteiger partial charge in [0.25, 0.3) is 0 Å². The lowest BCUT2D eigenvalue weighted by atomic mass is 10.2. The molecular weight excluding hydrogens is 216 g/mol. The van der Waals surface area contributed by atoms with Crippen LogP contribution in [0, 0.1) is 6.92 Å². The number of hydrogen-bond donors (Lipinski definition) is 0. The molecule has 0 saturated heterocycles. The molecule has 0 spiro atoms. The van der Waals surface area contributed by atoms with Crippen LogP contribution in [0.5, 0.6) is 0 Å². The SMILES string of the molecule is CCN(C(=O)OC(C)(C)C)c1cc(C)ccn1. The van der Waals surface area contributed by atoms with Gasteiger partial charge in [0, 0.05) is 12.7 Å². The van der Waals surface area contributed by atoms with Gasteiger partial charge in [-0.3, -0.25) is 4.90 Å². The van der Waals surface area contributed by atoms with E-state index in [1.807, 2.05) is 46.8 Å². The van der Waals surface area contributed by atoms with Gasteiger partial charge >= 0.3 is 6.09 Å². The third-order valence-corrected chi connectivity index (χ3v) is 2.11. The molecule has 0 bridgehead atoms. The molecule has 17 heavy (non-hydrogen) atoms. The zero-order valence-electron chi connectivity index (χ0n) is 11.2. The van der Waals surface area contributed by atoms with Gasteiger partial charge in [0.05, 0.1) is 0 Å². The molecule has 0 aliphatic heterocycles. The molecule has 0 fully saturated rings. The highest BCUT2D eigenvalue weighted by Crippen LogP contribution is 2.16. The van der Waals surface area contributed by atoms with Crippen molar-refractivity contribution in [1.82, 2.24) is 4.98 Å². The first-order chi connectivity index (χ1) is 7.83. The molecule has 0 aliphatic carbocycles. The Morgan fingerprint density at radius 2 is 2.12 bits per heavy atom. The third kappa shape index (κ3) is 4.06. The summed E-state index contributed by atoms with van der Waals surface area (Å²) in [6, 6.07) is 3.76. The normalized spacial score (nSPS) is 11.1. The van der Waals surface area contributed by atoms with Gasteiger partial charge in [0.15, 0.2) is 0 Å². The van der Waals surface area contributed by atoms with Gasteiger partial charge in [-0.15, -0.1) is 0 Å². The van der Waals surface area contributed by atoms with E-state index in [0.717, 1.165) is 5.56 Å². The summed E-state index contributed by atoms with van der Waals surface area (Å²) < 4.78 is 5.33. The Morgan fingerprint density at radius 1 is 1.47 bits per heavy atom. The van der Waals surface area contributed by atoms with Crippen LogP contribution in [0.15, 0.2) is 18.3 Å². The summed E-state index contributed by atoms with van der Waals surface area (Å²) in [5, 5.41) is 0. The Morgan fingerprint density at radius 3 is 2.59 bits per heavy atom. The minimum atomic E-state index is -0.492. The minimum absolute atomic E-state index is 0.363. The fourth-order valence-electron chi connectivity index (χ4n) is 1.37. The zero-order chi connectivity index (χ0) is 13.1. The quantitative estimate of drug-likeness (QED) is 0.792. The van der Waals surface area contributed by atoms with Gasteiger partial charge < -0.3 is 4.74 Å². The van der Waals surface area contributed by atoms with Crippen LogP contribution in [0.2, 0.25) is 0 Å². The number of anilines is 1. The zero-order valence-corrected chi connectivity index (χ0v) is 11.2. The summed E-state index contributed by atoms with van der Waals surface area (Å²) in [6.45, 7) is 9.95. The summed E-state index contributed by atoms with van der Waals surface area (Å²) in [6.07, 6.45) is 1.33. The highest BCUT2D eigenvalue weighted by molar-refractivity contribution is 5.86. The predicted octanol–water partition coefficient (Wildman–Crippen LogP) is 3.15. The molecule has 0 N–H and O–H groups in total. The maximum absolute atomic E-state index is 12.0. The Hall–Kier alpha value is -1.58. The van der Waals surface area contributed by atoms with Gasteiger partial charge in [0.2, 0.25) is 0 Å². The molecule has 1 heterocycles. The first-order valence-electron chi connectivity index (χ1n) is 5.76. The molecule has 0 saturated carbocycles. The third-order valence-electron chi connectivity index (χ3n) is 2.11. The van der Waals surface area contributed by atoms with Crippen LogP contribution in [0.3, 0.4) is 0 Å². The number of aromatic nitrogens is 1. The fraction of sp³-hybridized carbons (Fsp3) is 0.538. The largest absolute Gasteiger partial charge is 0.443 e. The Bertz CT molecular complexity index is 397. The first-order valence-corrected chi connectivity index (χ1v) is 5.76. The molecule has 0 atom stereocenters. The first kappa shape index (κ1) is 13.5. The molecule has 1 rings (SSSR count). The smallest absolute Gasteiger partial charge is 0.415 e. The number of carbonyl (C=O) groups excluding carboxylic acids is 1. The van der Waals surface area contributed by atoms with E-state index in [4.69, 9.17) is 4.74 Å². The van der Waals surface area contributed by atoms with Crippen molar-refractivity contribution in [1.29, 1.82) is 0 Å². The fourth-order valence-corrected chi connectivity index (χ4v) is 1.37. The maximum Gasteiger partial charge on any atom is 0.415 e.